The number of nitrogens with one attached hydrogen (secondary N) is 1. The zero-order chi connectivity index (χ0) is 20.5. The Kier molecular flexibility index (Phi) is 8.80. The van der Waals surface area contributed by atoms with E-state index in [4.69, 9.17) is 11.6 Å². The van der Waals surface area contributed by atoms with Gasteiger partial charge >= 0.3 is 0 Å². The minimum Gasteiger partial charge on any atom is -0.355 e. The fraction of sp³-hybridized carbons (Fsp3) is 0.333. The second-order valence-electron chi connectivity index (χ2n) is 6.34. The van der Waals surface area contributed by atoms with Gasteiger partial charge in [0, 0.05) is 23.9 Å². The van der Waals surface area contributed by atoms with Gasteiger partial charge in [-0.1, -0.05) is 35.9 Å². The molecule has 2 aromatic carbocycles. The van der Waals surface area contributed by atoms with Gasteiger partial charge in [-0.3, -0.25) is 9.59 Å². The highest BCUT2D eigenvalue weighted by molar-refractivity contribution is 7.99. The monoisotopic (exact) mass is 422 g/mol. The number of hydrogen-bond acceptors (Lipinski definition) is 3. The first-order valence-corrected chi connectivity index (χ1v) is 10.6. The summed E-state index contributed by atoms with van der Waals surface area (Å²) < 4.78 is 13.0. The second kappa shape index (κ2) is 11.1. The number of amides is 2. The predicted molar refractivity (Wildman–Crippen MR) is 113 cm³/mol. The summed E-state index contributed by atoms with van der Waals surface area (Å²) in [4.78, 5) is 26.7. The highest BCUT2D eigenvalue weighted by Gasteiger charge is 2.25. The van der Waals surface area contributed by atoms with Crippen molar-refractivity contribution in [2.45, 2.75) is 32.2 Å². The lowest BCUT2D eigenvalue weighted by atomic mass is 10.1. The van der Waals surface area contributed by atoms with Gasteiger partial charge in [-0.15, -0.1) is 11.8 Å². The smallest absolute Gasteiger partial charge is 0.242 e. The molecule has 7 heteroatoms. The molecule has 0 heterocycles. The van der Waals surface area contributed by atoms with Crippen molar-refractivity contribution < 1.29 is 14.0 Å². The van der Waals surface area contributed by atoms with Crippen molar-refractivity contribution in [2.75, 3.05) is 12.3 Å². The lowest BCUT2D eigenvalue weighted by Crippen LogP contribution is -2.48. The number of rotatable bonds is 9. The third-order valence-corrected chi connectivity index (χ3v) is 5.39. The number of halogens is 2. The zero-order valence-corrected chi connectivity index (χ0v) is 17.5. The molecule has 0 spiro atoms. The molecule has 0 radical (unpaired) electrons. The van der Waals surface area contributed by atoms with Crippen LogP contribution < -0.4 is 5.32 Å². The van der Waals surface area contributed by atoms with Crippen LogP contribution in [0.3, 0.4) is 0 Å². The van der Waals surface area contributed by atoms with Crippen molar-refractivity contribution in [1.29, 1.82) is 0 Å². The molecule has 1 N–H and O–H groups in total. The molecule has 150 valence electrons. The van der Waals surface area contributed by atoms with Crippen molar-refractivity contribution in [3.8, 4) is 0 Å². The van der Waals surface area contributed by atoms with Gasteiger partial charge in [-0.05, 0) is 49.2 Å². The first-order valence-electron chi connectivity index (χ1n) is 9.04. The predicted octanol–water partition coefficient (Wildman–Crippen LogP) is 4.27. The molecule has 0 fully saturated rings. The third-order valence-electron chi connectivity index (χ3n) is 4.17. The highest BCUT2D eigenvalue weighted by atomic mass is 35.5. The summed E-state index contributed by atoms with van der Waals surface area (Å²) >= 11 is 7.48. The van der Waals surface area contributed by atoms with Crippen LogP contribution in [-0.4, -0.2) is 35.1 Å². The van der Waals surface area contributed by atoms with Gasteiger partial charge in [-0.2, -0.15) is 0 Å². The van der Waals surface area contributed by atoms with E-state index in [0.717, 1.165) is 11.1 Å². The Hall–Kier alpha value is -2.05. The molecule has 0 saturated carbocycles. The number of benzene rings is 2. The van der Waals surface area contributed by atoms with Crippen LogP contribution in [0.15, 0.2) is 48.5 Å². The Labute approximate surface area is 174 Å². The van der Waals surface area contributed by atoms with Gasteiger partial charge in [0.05, 0.1) is 5.75 Å². The molecule has 2 rings (SSSR count). The van der Waals surface area contributed by atoms with Crippen LogP contribution in [0.2, 0.25) is 5.02 Å². The number of hydrogen-bond donors (Lipinski definition) is 1. The van der Waals surface area contributed by atoms with Crippen molar-refractivity contribution in [1.82, 2.24) is 10.2 Å². The number of thioether (sulfide) groups is 1. The van der Waals surface area contributed by atoms with Crippen LogP contribution in [0, 0.1) is 5.82 Å². The summed E-state index contributed by atoms with van der Waals surface area (Å²) in [7, 11) is 0. The fourth-order valence-corrected chi connectivity index (χ4v) is 3.74. The summed E-state index contributed by atoms with van der Waals surface area (Å²) in [5, 5.41) is 3.35. The average molecular weight is 423 g/mol. The van der Waals surface area contributed by atoms with Crippen molar-refractivity contribution in [3.05, 3.63) is 70.5 Å². The van der Waals surface area contributed by atoms with Crippen LogP contribution in [0.1, 0.15) is 25.0 Å². The summed E-state index contributed by atoms with van der Waals surface area (Å²) in [6, 6.07) is 12.9. The van der Waals surface area contributed by atoms with E-state index in [2.05, 4.69) is 5.32 Å². The van der Waals surface area contributed by atoms with Crippen LogP contribution in [-0.2, 0) is 21.9 Å². The third kappa shape index (κ3) is 6.84. The molecule has 0 aromatic heterocycles. The minimum absolute atomic E-state index is 0.133. The van der Waals surface area contributed by atoms with E-state index in [9.17, 15) is 14.0 Å². The van der Waals surface area contributed by atoms with E-state index in [1.807, 2.05) is 19.1 Å². The van der Waals surface area contributed by atoms with Crippen LogP contribution in [0.5, 0.6) is 0 Å². The molecule has 28 heavy (non-hydrogen) atoms. The molecule has 0 aliphatic rings. The van der Waals surface area contributed by atoms with E-state index in [1.54, 1.807) is 36.1 Å². The normalized spacial score (nSPS) is 11.7. The van der Waals surface area contributed by atoms with E-state index in [0.29, 0.717) is 23.9 Å². The van der Waals surface area contributed by atoms with E-state index < -0.39 is 6.04 Å². The number of nitrogens with zero attached hydrogens (tertiary/aromatic N) is 1. The SMILES string of the molecule is CCNC(=O)C(C)N(Cc1cccc(Cl)c1)C(=O)CSCc1ccc(F)cc1. The Bertz CT molecular complexity index is 801. The van der Waals surface area contributed by atoms with Crippen LogP contribution >= 0.6 is 23.4 Å². The quantitative estimate of drug-likeness (QED) is 0.656. The Morgan fingerprint density at radius 3 is 2.54 bits per heavy atom. The van der Waals surface area contributed by atoms with Crippen molar-refractivity contribution >= 4 is 35.2 Å². The van der Waals surface area contributed by atoms with Gasteiger partial charge < -0.3 is 10.2 Å². The first kappa shape index (κ1) is 22.2. The molecular formula is C21H24ClFN2O2S. The maximum Gasteiger partial charge on any atom is 0.242 e. The molecule has 4 nitrogen and oxygen atoms in total. The Balaban J connectivity index is 2.04. The fourth-order valence-electron chi connectivity index (χ4n) is 2.66. The summed E-state index contributed by atoms with van der Waals surface area (Å²) in [6.07, 6.45) is 0. The largest absolute Gasteiger partial charge is 0.355 e. The number of carbonyl (C=O) groups excluding carboxylic acids is 2. The van der Waals surface area contributed by atoms with E-state index in [1.165, 1.54) is 23.9 Å². The second-order valence-corrected chi connectivity index (χ2v) is 7.76. The van der Waals surface area contributed by atoms with Gasteiger partial charge in [0.15, 0.2) is 0 Å². The molecule has 1 unspecified atom stereocenters. The van der Waals surface area contributed by atoms with Gasteiger partial charge in [0.2, 0.25) is 11.8 Å². The van der Waals surface area contributed by atoms with Crippen molar-refractivity contribution in [3.63, 3.8) is 0 Å². The Morgan fingerprint density at radius 1 is 1.18 bits per heavy atom. The number of likely N-dealkylation sites (N-methyl/N-ethyl adjacent to an activating group) is 1. The van der Waals surface area contributed by atoms with Gasteiger partial charge in [-0.25, -0.2) is 4.39 Å². The topological polar surface area (TPSA) is 49.4 Å². The molecule has 0 bridgehead atoms. The first-order chi connectivity index (χ1) is 13.4. The van der Waals surface area contributed by atoms with Crippen LogP contribution in [0.4, 0.5) is 4.39 Å². The van der Waals surface area contributed by atoms with Crippen LogP contribution in [0.25, 0.3) is 0 Å². The molecule has 0 saturated heterocycles. The van der Waals surface area contributed by atoms with Crippen molar-refractivity contribution in [2.24, 2.45) is 0 Å². The average Bonchev–Trinajstić information content (AvgIpc) is 2.67. The minimum atomic E-state index is -0.599. The molecule has 0 aliphatic carbocycles. The highest BCUT2D eigenvalue weighted by Crippen LogP contribution is 2.18. The molecule has 1 atom stereocenters. The summed E-state index contributed by atoms with van der Waals surface area (Å²) in [5.74, 6) is 0.203. The maximum absolute atomic E-state index is 13.0. The van der Waals surface area contributed by atoms with E-state index in [-0.39, 0.29) is 23.4 Å². The lowest BCUT2D eigenvalue weighted by Gasteiger charge is -2.28. The Morgan fingerprint density at radius 2 is 1.89 bits per heavy atom. The standard InChI is InChI=1S/C21H24ClFN2O2S/c1-3-24-21(27)15(2)25(12-17-5-4-6-18(22)11-17)20(26)14-28-13-16-7-9-19(23)10-8-16/h4-11,15H,3,12-14H2,1-2H3,(H,24,27). The van der Waals surface area contributed by atoms with Gasteiger partial charge in [0.25, 0.3) is 0 Å². The van der Waals surface area contributed by atoms with Gasteiger partial charge in [0.1, 0.15) is 11.9 Å². The van der Waals surface area contributed by atoms with E-state index >= 15 is 0 Å². The summed E-state index contributed by atoms with van der Waals surface area (Å²) in [6.45, 7) is 4.36. The molecule has 0 aliphatic heterocycles. The number of carbonyl (C=O) groups is 2. The molecule has 2 aromatic rings. The molecular weight excluding hydrogens is 399 g/mol. The maximum atomic E-state index is 13.0. The lowest BCUT2D eigenvalue weighted by molar-refractivity contribution is -0.138. The zero-order valence-electron chi connectivity index (χ0n) is 16.0. The summed E-state index contributed by atoms with van der Waals surface area (Å²) in [5.41, 5.74) is 1.80. The molecule has 2 amide bonds.